The zero-order valence-electron chi connectivity index (χ0n) is 15.8. The molecular formula is C19H28N2O4S. The quantitative estimate of drug-likeness (QED) is 0.479. The molecule has 0 heterocycles. The van der Waals surface area contributed by atoms with Crippen molar-refractivity contribution in [1.29, 1.82) is 0 Å². The van der Waals surface area contributed by atoms with E-state index in [0.717, 1.165) is 5.56 Å². The maximum atomic E-state index is 12.6. The molecule has 0 spiro atoms. The number of hydrogen-bond acceptors (Lipinski definition) is 5. The molecule has 0 aliphatic heterocycles. The third-order valence-electron chi connectivity index (χ3n) is 3.49. The molecule has 0 aliphatic rings. The van der Waals surface area contributed by atoms with Crippen LogP contribution in [0, 0.1) is 0 Å². The Hall–Kier alpha value is -2.02. The minimum Gasteiger partial charge on any atom is -0.458 e. The second-order valence-electron chi connectivity index (χ2n) is 6.90. The third-order valence-corrected chi connectivity index (χ3v) is 4.13. The van der Waals surface area contributed by atoms with E-state index in [4.69, 9.17) is 4.74 Å². The normalized spacial score (nSPS) is 13.4. The number of hydrogen-bond donors (Lipinski definition) is 2. The molecule has 0 radical (unpaired) electrons. The first-order valence-electron chi connectivity index (χ1n) is 8.52. The average molecular weight is 381 g/mol. The van der Waals surface area contributed by atoms with Crippen LogP contribution in [0.3, 0.4) is 0 Å². The second-order valence-corrected chi connectivity index (χ2v) is 7.89. The highest BCUT2D eigenvalue weighted by atomic mass is 32.2. The van der Waals surface area contributed by atoms with Gasteiger partial charge in [0.05, 0.1) is 0 Å². The van der Waals surface area contributed by atoms with Gasteiger partial charge in [-0.2, -0.15) is 11.8 Å². The predicted octanol–water partition coefficient (Wildman–Crippen LogP) is 1.92. The maximum absolute atomic E-state index is 12.6. The zero-order chi connectivity index (χ0) is 19.6. The zero-order valence-corrected chi connectivity index (χ0v) is 16.6. The Balaban J connectivity index is 2.90. The molecule has 0 saturated carbocycles. The summed E-state index contributed by atoms with van der Waals surface area (Å²) >= 11 is 1.58. The molecule has 1 aromatic carbocycles. The monoisotopic (exact) mass is 380 g/mol. The van der Waals surface area contributed by atoms with Crippen molar-refractivity contribution in [1.82, 2.24) is 10.6 Å². The highest BCUT2D eigenvalue weighted by molar-refractivity contribution is 7.98. The number of benzene rings is 1. The molecule has 2 atom stereocenters. The van der Waals surface area contributed by atoms with Gasteiger partial charge in [0.2, 0.25) is 12.3 Å². The summed E-state index contributed by atoms with van der Waals surface area (Å²) < 4.78 is 5.45. The Kier molecular flexibility index (Phi) is 9.19. The number of thioether (sulfide) groups is 1. The molecule has 1 rings (SSSR count). The molecule has 1 aromatic rings. The van der Waals surface area contributed by atoms with Crippen LogP contribution in [-0.2, 0) is 25.5 Å². The summed E-state index contributed by atoms with van der Waals surface area (Å²) in [4.78, 5) is 35.9. The lowest BCUT2D eigenvalue weighted by Gasteiger charge is -2.26. The number of nitrogens with one attached hydrogen (secondary N) is 2. The minimum atomic E-state index is -0.825. The summed E-state index contributed by atoms with van der Waals surface area (Å²) in [5.74, 6) is -0.170. The van der Waals surface area contributed by atoms with E-state index in [0.29, 0.717) is 25.0 Å². The first kappa shape index (κ1) is 22.0. The lowest BCUT2D eigenvalue weighted by atomic mass is 10.0. The van der Waals surface area contributed by atoms with Gasteiger partial charge in [-0.25, -0.2) is 4.79 Å². The first-order valence-corrected chi connectivity index (χ1v) is 9.92. The fourth-order valence-corrected chi connectivity index (χ4v) is 2.77. The molecule has 26 heavy (non-hydrogen) atoms. The van der Waals surface area contributed by atoms with Crippen LogP contribution in [0.4, 0.5) is 0 Å². The van der Waals surface area contributed by atoms with Crippen LogP contribution in [-0.4, -0.2) is 48.0 Å². The lowest BCUT2D eigenvalue weighted by Crippen LogP contribution is -2.52. The van der Waals surface area contributed by atoms with Crippen molar-refractivity contribution in [3.05, 3.63) is 35.9 Å². The molecular weight excluding hydrogens is 352 g/mol. The van der Waals surface area contributed by atoms with E-state index >= 15 is 0 Å². The molecule has 0 fully saturated rings. The summed E-state index contributed by atoms with van der Waals surface area (Å²) in [6.45, 7) is 5.34. The number of amides is 2. The van der Waals surface area contributed by atoms with Gasteiger partial charge in [-0.15, -0.1) is 0 Å². The SMILES string of the molecule is CSCC[C@H](NC=O)C(=O)N[C@H](Cc1ccccc1)C(=O)OC(C)(C)C. The fourth-order valence-electron chi connectivity index (χ4n) is 2.30. The maximum Gasteiger partial charge on any atom is 0.329 e. The van der Waals surface area contributed by atoms with Crippen LogP contribution in [0.5, 0.6) is 0 Å². The van der Waals surface area contributed by atoms with Crippen molar-refractivity contribution in [2.45, 2.75) is 51.3 Å². The van der Waals surface area contributed by atoms with Crippen molar-refractivity contribution >= 4 is 30.0 Å². The highest BCUT2D eigenvalue weighted by Gasteiger charge is 2.29. The summed E-state index contributed by atoms with van der Waals surface area (Å²) in [5, 5.41) is 5.25. The Labute approximate surface area is 159 Å². The van der Waals surface area contributed by atoms with E-state index in [9.17, 15) is 14.4 Å². The Morgan fingerprint density at radius 3 is 2.38 bits per heavy atom. The Morgan fingerprint density at radius 1 is 1.19 bits per heavy atom. The summed E-state index contributed by atoms with van der Waals surface area (Å²) in [7, 11) is 0. The van der Waals surface area contributed by atoms with E-state index in [1.165, 1.54) is 0 Å². The van der Waals surface area contributed by atoms with E-state index in [1.807, 2.05) is 36.6 Å². The number of esters is 1. The van der Waals surface area contributed by atoms with Crippen molar-refractivity contribution in [3.63, 3.8) is 0 Å². The fraction of sp³-hybridized carbons (Fsp3) is 0.526. The van der Waals surface area contributed by atoms with Gasteiger partial charge >= 0.3 is 5.97 Å². The van der Waals surface area contributed by atoms with Gasteiger partial charge in [-0.1, -0.05) is 30.3 Å². The molecule has 2 amide bonds. The summed E-state index contributed by atoms with van der Waals surface area (Å²) in [6.07, 6.45) is 3.23. The average Bonchev–Trinajstić information content (AvgIpc) is 2.57. The van der Waals surface area contributed by atoms with Gasteiger partial charge in [-0.3, -0.25) is 9.59 Å². The molecule has 144 valence electrons. The number of rotatable bonds is 10. The predicted molar refractivity (Wildman–Crippen MR) is 104 cm³/mol. The molecule has 0 aliphatic carbocycles. The Morgan fingerprint density at radius 2 is 1.85 bits per heavy atom. The van der Waals surface area contributed by atoms with Gasteiger partial charge in [0, 0.05) is 6.42 Å². The summed E-state index contributed by atoms with van der Waals surface area (Å²) in [5.41, 5.74) is 0.253. The number of carbonyl (C=O) groups excluding carboxylic acids is 3. The van der Waals surface area contributed by atoms with Crippen LogP contribution < -0.4 is 10.6 Å². The van der Waals surface area contributed by atoms with Gasteiger partial charge in [-0.05, 0) is 44.8 Å². The summed E-state index contributed by atoms with van der Waals surface area (Å²) in [6, 6.07) is 7.90. The standard InChI is InChI=1S/C19H28N2O4S/c1-19(2,3)25-18(24)16(12-14-8-6-5-7-9-14)21-17(23)15(20-13-22)10-11-26-4/h5-9,13,15-16H,10-12H2,1-4H3,(H,20,22)(H,21,23)/t15-,16+/m0/s1. The van der Waals surface area contributed by atoms with Gasteiger partial charge in [0.15, 0.2) is 0 Å². The molecule has 0 bridgehead atoms. The van der Waals surface area contributed by atoms with E-state index in [2.05, 4.69) is 10.6 Å². The van der Waals surface area contributed by atoms with Gasteiger partial charge < -0.3 is 15.4 Å². The molecule has 0 saturated heterocycles. The van der Waals surface area contributed by atoms with Crippen molar-refractivity contribution < 1.29 is 19.1 Å². The molecule has 0 unspecified atom stereocenters. The van der Waals surface area contributed by atoms with Crippen LogP contribution in [0.2, 0.25) is 0 Å². The van der Waals surface area contributed by atoms with Crippen LogP contribution in [0.25, 0.3) is 0 Å². The minimum absolute atomic E-state index is 0.317. The molecule has 6 nitrogen and oxygen atoms in total. The smallest absolute Gasteiger partial charge is 0.329 e. The topological polar surface area (TPSA) is 84.5 Å². The van der Waals surface area contributed by atoms with Gasteiger partial charge in [0.1, 0.15) is 17.7 Å². The van der Waals surface area contributed by atoms with Crippen LogP contribution in [0.1, 0.15) is 32.8 Å². The second kappa shape index (κ2) is 10.9. The van der Waals surface area contributed by atoms with Gasteiger partial charge in [0.25, 0.3) is 0 Å². The molecule has 0 aromatic heterocycles. The number of carbonyl (C=O) groups is 3. The Bertz CT molecular complexity index is 587. The largest absolute Gasteiger partial charge is 0.458 e. The molecule has 2 N–H and O–H groups in total. The number of ether oxygens (including phenoxy) is 1. The lowest BCUT2D eigenvalue weighted by molar-refractivity contribution is -0.158. The van der Waals surface area contributed by atoms with E-state index < -0.39 is 29.6 Å². The third kappa shape index (κ3) is 8.38. The van der Waals surface area contributed by atoms with Crippen LogP contribution in [0.15, 0.2) is 30.3 Å². The van der Waals surface area contributed by atoms with Crippen LogP contribution >= 0.6 is 11.8 Å². The first-order chi connectivity index (χ1) is 12.3. The van der Waals surface area contributed by atoms with Crippen molar-refractivity contribution in [2.75, 3.05) is 12.0 Å². The van der Waals surface area contributed by atoms with Crippen molar-refractivity contribution in [2.24, 2.45) is 0 Å². The van der Waals surface area contributed by atoms with E-state index in [1.54, 1.807) is 32.5 Å². The van der Waals surface area contributed by atoms with E-state index in [-0.39, 0.29) is 0 Å². The highest BCUT2D eigenvalue weighted by Crippen LogP contribution is 2.12. The molecule has 7 heteroatoms. The van der Waals surface area contributed by atoms with Crippen molar-refractivity contribution in [3.8, 4) is 0 Å².